The molecule has 2 amide bonds. The average Bonchev–Trinajstić information content (AvgIpc) is 3.64. The van der Waals surface area contributed by atoms with Crippen molar-refractivity contribution in [1.82, 2.24) is 15.1 Å². The number of aromatic nitrogens is 2. The van der Waals surface area contributed by atoms with E-state index >= 15 is 0 Å². The van der Waals surface area contributed by atoms with Crippen LogP contribution in [0.4, 0.5) is 5.69 Å². The van der Waals surface area contributed by atoms with E-state index in [2.05, 4.69) is 15.7 Å². The fraction of sp³-hybridized carbons (Fsp3) is 0.120. The lowest BCUT2D eigenvalue weighted by Crippen LogP contribution is -2.26. The molecule has 7 heteroatoms. The minimum Gasteiger partial charge on any atom is -0.349 e. The Morgan fingerprint density at radius 2 is 1.47 bits per heavy atom. The van der Waals surface area contributed by atoms with Gasteiger partial charge in [0.2, 0.25) is 0 Å². The summed E-state index contributed by atoms with van der Waals surface area (Å²) in [4.78, 5) is 38.3. The summed E-state index contributed by atoms with van der Waals surface area (Å²) in [6.07, 6.45) is 2.04. The molecule has 0 bridgehead atoms. The van der Waals surface area contributed by atoms with E-state index in [1.54, 1.807) is 72.8 Å². The van der Waals surface area contributed by atoms with E-state index < -0.39 is 5.91 Å². The first-order valence-corrected chi connectivity index (χ1v) is 10.4. The quantitative estimate of drug-likeness (QED) is 0.513. The van der Waals surface area contributed by atoms with Crippen molar-refractivity contribution in [3.63, 3.8) is 0 Å². The Morgan fingerprint density at radius 3 is 2.16 bits per heavy atom. The second-order valence-corrected chi connectivity index (χ2v) is 7.73. The van der Waals surface area contributed by atoms with E-state index in [9.17, 15) is 14.4 Å². The summed E-state index contributed by atoms with van der Waals surface area (Å²) in [5, 5.41) is 11.0. The number of rotatable bonds is 5. The molecule has 0 saturated heterocycles. The van der Waals surface area contributed by atoms with Crippen LogP contribution in [0.1, 0.15) is 33.7 Å². The number of nitrogens with zero attached hydrogens (tertiary/aromatic N) is 2. The fourth-order valence-electron chi connectivity index (χ4n) is 3.49. The lowest BCUT2D eigenvalue weighted by Gasteiger charge is -2.12. The van der Waals surface area contributed by atoms with Crippen LogP contribution in [-0.4, -0.2) is 27.6 Å². The van der Waals surface area contributed by atoms with Gasteiger partial charge in [0.15, 0.2) is 5.69 Å². The standard InChI is InChI=1S/C25H20N4O3/c30-23(26-18-14-15-18)16-10-12-17(13-11-16)27-24(31)22-20-8-4-5-9-21(20)25(32)29(28-22)19-6-2-1-3-7-19/h1-13,18H,14-15H2,(H,26,30)(H,27,31). The van der Waals surface area contributed by atoms with Crippen LogP contribution in [0.15, 0.2) is 83.7 Å². The van der Waals surface area contributed by atoms with E-state index in [1.807, 2.05) is 6.07 Å². The Balaban J connectivity index is 1.47. The Hall–Kier alpha value is -4.26. The molecule has 1 aliphatic carbocycles. The topological polar surface area (TPSA) is 93.1 Å². The zero-order valence-electron chi connectivity index (χ0n) is 17.1. The predicted octanol–water partition coefficient (Wildman–Crippen LogP) is 3.53. The molecule has 0 radical (unpaired) electrons. The molecule has 1 fully saturated rings. The van der Waals surface area contributed by atoms with Crippen molar-refractivity contribution in [2.75, 3.05) is 5.32 Å². The number of hydrogen-bond acceptors (Lipinski definition) is 4. The summed E-state index contributed by atoms with van der Waals surface area (Å²) in [6, 6.07) is 22.9. The first-order chi connectivity index (χ1) is 15.6. The van der Waals surface area contributed by atoms with Gasteiger partial charge in [-0.3, -0.25) is 14.4 Å². The normalized spacial score (nSPS) is 13.0. The molecule has 4 aromatic rings. The third-order valence-corrected chi connectivity index (χ3v) is 5.34. The van der Waals surface area contributed by atoms with Crippen LogP contribution in [0.25, 0.3) is 16.5 Å². The van der Waals surface area contributed by atoms with E-state index in [1.165, 1.54) is 4.68 Å². The number of carbonyl (C=O) groups is 2. The lowest BCUT2D eigenvalue weighted by molar-refractivity contribution is 0.0950. The SMILES string of the molecule is O=C(NC1CC1)c1ccc(NC(=O)c2nn(-c3ccccc3)c(=O)c3ccccc23)cc1. The first-order valence-electron chi connectivity index (χ1n) is 10.4. The van der Waals surface area contributed by atoms with Crippen molar-refractivity contribution in [2.45, 2.75) is 18.9 Å². The number of anilines is 1. The lowest BCUT2D eigenvalue weighted by atomic mass is 10.1. The summed E-state index contributed by atoms with van der Waals surface area (Å²) in [5.41, 5.74) is 1.48. The minimum atomic E-state index is -0.443. The number of carbonyl (C=O) groups excluding carboxylic acids is 2. The van der Waals surface area contributed by atoms with Gasteiger partial charge in [-0.25, -0.2) is 0 Å². The third kappa shape index (κ3) is 3.88. The van der Waals surface area contributed by atoms with Gasteiger partial charge in [0, 0.05) is 22.7 Å². The number of hydrogen-bond donors (Lipinski definition) is 2. The maximum atomic E-state index is 13.1. The number of amides is 2. The third-order valence-electron chi connectivity index (χ3n) is 5.34. The first kappa shape index (κ1) is 19.7. The Kier molecular flexibility index (Phi) is 4.99. The highest BCUT2D eigenvalue weighted by Crippen LogP contribution is 2.20. The number of para-hydroxylation sites is 1. The fourth-order valence-corrected chi connectivity index (χ4v) is 3.49. The van der Waals surface area contributed by atoms with Crippen LogP contribution >= 0.6 is 0 Å². The van der Waals surface area contributed by atoms with Gasteiger partial charge in [-0.2, -0.15) is 9.78 Å². The molecule has 0 aliphatic heterocycles. The molecule has 1 heterocycles. The highest BCUT2D eigenvalue weighted by atomic mass is 16.2. The second-order valence-electron chi connectivity index (χ2n) is 7.73. The van der Waals surface area contributed by atoms with Crippen LogP contribution < -0.4 is 16.2 Å². The van der Waals surface area contributed by atoms with Gasteiger partial charge in [-0.1, -0.05) is 36.4 Å². The summed E-state index contributed by atoms with van der Waals surface area (Å²) in [6.45, 7) is 0. The maximum absolute atomic E-state index is 13.1. The summed E-state index contributed by atoms with van der Waals surface area (Å²) < 4.78 is 1.24. The molecular weight excluding hydrogens is 404 g/mol. The minimum absolute atomic E-state index is 0.118. The monoisotopic (exact) mass is 424 g/mol. The van der Waals surface area contributed by atoms with E-state index in [4.69, 9.17) is 0 Å². The summed E-state index contributed by atoms with van der Waals surface area (Å²) in [5.74, 6) is -0.561. The highest BCUT2D eigenvalue weighted by Gasteiger charge is 2.24. The number of fused-ring (bicyclic) bond motifs is 1. The maximum Gasteiger partial charge on any atom is 0.279 e. The molecule has 0 unspecified atom stereocenters. The van der Waals surface area contributed by atoms with Crippen LogP contribution in [0.3, 0.4) is 0 Å². The molecular formula is C25H20N4O3. The highest BCUT2D eigenvalue weighted by molar-refractivity contribution is 6.11. The number of nitrogens with one attached hydrogen (secondary N) is 2. The Bertz CT molecular complexity index is 1370. The molecule has 0 atom stereocenters. The zero-order chi connectivity index (χ0) is 22.1. The molecule has 158 valence electrons. The van der Waals surface area contributed by atoms with Gasteiger partial charge in [-0.05, 0) is 55.3 Å². The molecule has 5 rings (SSSR count). The average molecular weight is 424 g/mol. The van der Waals surface area contributed by atoms with Crippen LogP contribution in [-0.2, 0) is 0 Å². The Labute approximate surface area is 183 Å². The molecule has 7 nitrogen and oxygen atoms in total. The van der Waals surface area contributed by atoms with Gasteiger partial charge in [0.25, 0.3) is 17.4 Å². The van der Waals surface area contributed by atoms with Gasteiger partial charge < -0.3 is 10.6 Å². The molecule has 2 N–H and O–H groups in total. The van der Waals surface area contributed by atoms with Crippen LogP contribution in [0.2, 0.25) is 0 Å². The summed E-state index contributed by atoms with van der Waals surface area (Å²) >= 11 is 0. The van der Waals surface area contributed by atoms with Crippen molar-refractivity contribution < 1.29 is 9.59 Å². The molecule has 1 aromatic heterocycles. The largest absolute Gasteiger partial charge is 0.349 e. The molecule has 32 heavy (non-hydrogen) atoms. The Morgan fingerprint density at radius 1 is 0.812 bits per heavy atom. The van der Waals surface area contributed by atoms with Crippen molar-refractivity contribution >= 4 is 28.3 Å². The van der Waals surface area contributed by atoms with Crippen LogP contribution in [0.5, 0.6) is 0 Å². The molecule has 1 saturated carbocycles. The van der Waals surface area contributed by atoms with Gasteiger partial charge in [-0.15, -0.1) is 0 Å². The van der Waals surface area contributed by atoms with E-state index in [0.29, 0.717) is 27.7 Å². The smallest absolute Gasteiger partial charge is 0.279 e. The van der Waals surface area contributed by atoms with Crippen molar-refractivity contribution in [2.24, 2.45) is 0 Å². The van der Waals surface area contributed by atoms with Gasteiger partial charge in [0.05, 0.1) is 11.1 Å². The van der Waals surface area contributed by atoms with Crippen molar-refractivity contribution in [3.8, 4) is 5.69 Å². The van der Waals surface area contributed by atoms with Crippen molar-refractivity contribution in [1.29, 1.82) is 0 Å². The van der Waals surface area contributed by atoms with E-state index in [-0.39, 0.29) is 23.2 Å². The summed E-state index contributed by atoms with van der Waals surface area (Å²) in [7, 11) is 0. The second kappa shape index (κ2) is 8.11. The van der Waals surface area contributed by atoms with E-state index in [0.717, 1.165) is 12.8 Å². The van der Waals surface area contributed by atoms with Crippen LogP contribution in [0, 0.1) is 0 Å². The van der Waals surface area contributed by atoms with Gasteiger partial charge in [0.1, 0.15) is 0 Å². The molecule has 0 spiro atoms. The van der Waals surface area contributed by atoms with Crippen molar-refractivity contribution in [3.05, 3.63) is 100 Å². The molecule has 3 aromatic carbocycles. The predicted molar refractivity (Wildman–Crippen MR) is 122 cm³/mol. The zero-order valence-corrected chi connectivity index (χ0v) is 17.1. The molecule has 1 aliphatic rings. The number of benzene rings is 3. The van der Waals surface area contributed by atoms with Gasteiger partial charge >= 0.3 is 0 Å².